The van der Waals surface area contributed by atoms with Gasteiger partial charge in [-0.3, -0.25) is 0 Å². The first-order valence-electron chi connectivity index (χ1n) is 4.82. The van der Waals surface area contributed by atoms with E-state index in [1.165, 1.54) is 12.1 Å². The van der Waals surface area contributed by atoms with Gasteiger partial charge in [0.05, 0.1) is 24.0 Å². The molecule has 1 aromatic carbocycles. The molecule has 0 aliphatic heterocycles. The maximum atomic E-state index is 13.1. The van der Waals surface area contributed by atoms with Gasteiger partial charge in [0.15, 0.2) is 0 Å². The first-order valence-corrected chi connectivity index (χ1v) is 4.82. The average Bonchev–Trinajstić information content (AvgIpc) is 2.76. The summed E-state index contributed by atoms with van der Waals surface area (Å²) >= 11 is 0. The zero-order valence-corrected chi connectivity index (χ0v) is 8.26. The molecule has 1 N–H and O–H groups in total. The van der Waals surface area contributed by atoms with E-state index in [1.54, 1.807) is 22.8 Å². The molecule has 0 fully saturated rings. The van der Waals surface area contributed by atoms with Crippen molar-refractivity contribution in [3.63, 3.8) is 0 Å². The van der Waals surface area contributed by atoms with E-state index >= 15 is 0 Å². The van der Waals surface area contributed by atoms with E-state index < -0.39 is 0 Å². The van der Waals surface area contributed by atoms with Gasteiger partial charge in [-0.1, -0.05) is 5.21 Å². The van der Waals surface area contributed by atoms with E-state index in [9.17, 15) is 9.50 Å². The summed E-state index contributed by atoms with van der Waals surface area (Å²) in [6, 6.07) is 6.22. The van der Waals surface area contributed by atoms with Gasteiger partial charge in [0.25, 0.3) is 0 Å². The molecule has 3 rings (SSSR count). The van der Waals surface area contributed by atoms with Gasteiger partial charge in [0.1, 0.15) is 5.82 Å². The van der Waals surface area contributed by atoms with Crippen LogP contribution in [0.25, 0.3) is 16.3 Å². The average molecular weight is 217 g/mol. The zero-order valence-electron chi connectivity index (χ0n) is 8.26. The standard InChI is InChI=1S/C11H8FN3O/c12-8-1-2-10-7(3-8)4-9(6-16)15-11(10)5-13-14-15/h1-5,16H,6H2. The number of halogens is 1. The smallest absolute Gasteiger partial charge is 0.123 e. The summed E-state index contributed by atoms with van der Waals surface area (Å²) < 4.78 is 14.7. The molecule has 0 saturated carbocycles. The second-order valence-corrected chi connectivity index (χ2v) is 3.56. The van der Waals surface area contributed by atoms with Crippen molar-refractivity contribution in [2.75, 3.05) is 0 Å². The van der Waals surface area contributed by atoms with E-state index in [-0.39, 0.29) is 12.4 Å². The molecule has 3 aromatic rings. The number of hydrogen-bond acceptors (Lipinski definition) is 3. The molecule has 16 heavy (non-hydrogen) atoms. The van der Waals surface area contributed by atoms with E-state index in [0.29, 0.717) is 5.69 Å². The number of nitrogens with zero attached hydrogens (tertiary/aromatic N) is 3. The van der Waals surface area contributed by atoms with E-state index in [2.05, 4.69) is 10.3 Å². The molecular weight excluding hydrogens is 209 g/mol. The third-order valence-corrected chi connectivity index (χ3v) is 2.60. The summed E-state index contributed by atoms with van der Waals surface area (Å²) in [6.07, 6.45) is 1.60. The Kier molecular flexibility index (Phi) is 1.87. The van der Waals surface area contributed by atoms with Crippen molar-refractivity contribution >= 4 is 16.3 Å². The minimum absolute atomic E-state index is 0.160. The summed E-state index contributed by atoms with van der Waals surface area (Å²) in [5.74, 6) is -0.298. The quantitative estimate of drug-likeness (QED) is 0.672. The number of benzene rings is 1. The molecule has 0 atom stereocenters. The van der Waals surface area contributed by atoms with Crippen molar-refractivity contribution in [1.29, 1.82) is 0 Å². The van der Waals surface area contributed by atoms with Crippen molar-refractivity contribution in [3.05, 3.63) is 42.0 Å². The summed E-state index contributed by atoms with van der Waals surface area (Å²) in [5, 5.41) is 18.5. The highest BCUT2D eigenvalue weighted by Crippen LogP contribution is 2.22. The molecule has 2 heterocycles. The Morgan fingerprint density at radius 1 is 1.31 bits per heavy atom. The Hall–Kier alpha value is -2.01. The van der Waals surface area contributed by atoms with Crippen molar-refractivity contribution < 1.29 is 9.50 Å². The molecule has 2 aromatic heterocycles. The van der Waals surface area contributed by atoms with Crippen LogP contribution in [0.3, 0.4) is 0 Å². The van der Waals surface area contributed by atoms with Gasteiger partial charge >= 0.3 is 0 Å². The fourth-order valence-corrected chi connectivity index (χ4v) is 1.87. The summed E-state index contributed by atoms with van der Waals surface area (Å²) in [5.41, 5.74) is 1.35. The largest absolute Gasteiger partial charge is 0.390 e. The van der Waals surface area contributed by atoms with Crippen LogP contribution >= 0.6 is 0 Å². The molecule has 4 nitrogen and oxygen atoms in total. The van der Waals surface area contributed by atoms with Crippen LogP contribution in [0.2, 0.25) is 0 Å². The zero-order chi connectivity index (χ0) is 11.1. The molecule has 0 unspecified atom stereocenters. The lowest BCUT2D eigenvalue weighted by atomic mass is 10.1. The lowest BCUT2D eigenvalue weighted by Gasteiger charge is -2.05. The van der Waals surface area contributed by atoms with Gasteiger partial charge in [0.2, 0.25) is 0 Å². The summed E-state index contributed by atoms with van der Waals surface area (Å²) in [4.78, 5) is 0. The number of aromatic nitrogens is 3. The predicted octanol–water partition coefficient (Wildman–Crippen LogP) is 1.51. The van der Waals surface area contributed by atoms with Gasteiger partial charge in [-0.05, 0) is 29.7 Å². The second kappa shape index (κ2) is 3.24. The summed E-state index contributed by atoms with van der Waals surface area (Å²) in [6.45, 7) is -0.160. The van der Waals surface area contributed by atoms with Crippen LogP contribution in [-0.2, 0) is 6.61 Å². The molecule has 80 valence electrons. The molecule has 5 heteroatoms. The number of aliphatic hydroxyl groups is 1. The first-order chi connectivity index (χ1) is 7.79. The van der Waals surface area contributed by atoms with Gasteiger partial charge in [-0.2, -0.15) is 0 Å². The van der Waals surface area contributed by atoms with Crippen molar-refractivity contribution in [2.45, 2.75) is 6.61 Å². The molecule has 0 amide bonds. The van der Waals surface area contributed by atoms with Gasteiger partial charge < -0.3 is 5.11 Å². The van der Waals surface area contributed by atoms with Gasteiger partial charge in [0, 0.05) is 5.39 Å². The number of aliphatic hydroxyl groups excluding tert-OH is 1. The molecule has 0 radical (unpaired) electrons. The van der Waals surface area contributed by atoms with Crippen LogP contribution in [0.4, 0.5) is 4.39 Å². The predicted molar refractivity (Wildman–Crippen MR) is 56.4 cm³/mol. The van der Waals surface area contributed by atoms with E-state index in [4.69, 9.17) is 0 Å². The van der Waals surface area contributed by atoms with Crippen molar-refractivity contribution in [2.24, 2.45) is 0 Å². The lowest BCUT2D eigenvalue weighted by molar-refractivity contribution is 0.273. The van der Waals surface area contributed by atoms with Crippen LogP contribution in [0, 0.1) is 5.82 Å². The van der Waals surface area contributed by atoms with Crippen molar-refractivity contribution in [3.8, 4) is 0 Å². The Bertz CT molecular complexity index is 677. The van der Waals surface area contributed by atoms with Gasteiger partial charge in [-0.25, -0.2) is 8.91 Å². The Balaban J connectivity index is 2.53. The fraction of sp³-hybridized carbons (Fsp3) is 0.0909. The number of pyridine rings is 1. The highest BCUT2D eigenvalue weighted by Gasteiger charge is 2.07. The number of fused-ring (bicyclic) bond motifs is 3. The van der Waals surface area contributed by atoms with Crippen LogP contribution in [0.15, 0.2) is 30.5 Å². The molecule has 0 saturated heterocycles. The van der Waals surface area contributed by atoms with Crippen LogP contribution < -0.4 is 0 Å². The SMILES string of the molecule is OCc1cc2cc(F)ccc2c2cnnn12. The van der Waals surface area contributed by atoms with E-state index in [1.807, 2.05) is 0 Å². The van der Waals surface area contributed by atoms with Crippen LogP contribution in [0.5, 0.6) is 0 Å². The molecule has 0 aliphatic carbocycles. The molecule has 0 spiro atoms. The van der Waals surface area contributed by atoms with Gasteiger partial charge in [-0.15, -0.1) is 5.10 Å². The monoisotopic (exact) mass is 217 g/mol. The summed E-state index contributed by atoms with van der Waals surface area (Å²) in [7, 11) is 0. The maximum Gasteiger partial charge on any atom is 0.123 e. The number of hydrogen-bond donors (Lipinski definition) is 1. The third kappa shape index (κ3) is 1.18. The highest BCUT2D eigenvalue weighted by molar-refractivity contribution is 5.95. The fourth-order valence-electron chi connectivity index (χ4n) is 1.87. The molecular formula is C11H8FN3O. The highest BCUT2D eigenvalue weighted by atomic mass is 19.1. The Morgan fingerprint density at radius 3 is 3.00 bits per heavy atom. The molecule has 0 aliphatic rings. The number of rotatable bonds is 1. The third-order valence-electron chi connectivity index (χ3n) is 2.60. The normalized spacial score (nSPS) is 11.4. The maximum absolute atomic E-state index is 13.1. The molecule has 0 bridgehead atoms. The second-order valence-electron chi connectivity index (χ2n) is 3.56. The Labute approximate surface area is 89.9 Å². The first kappa shape index (κ1) is 9.23. The minimum atomic E-state index is -0.298. The minimum Gasteiger partial charge on any atom is -0.390 e. The lowest BCUT2D eigenvalue weighted by Crippen LogP contribution is -1.99. The Morgan fingerprint density at radius 2 is 2.19 bits per heavy atom. The topological polar surface area (TPSA) is 50.4 Å². The van der Waals surface area contributed by atoms with Crippen LogP contribution in [-0.4, -0.2) is 19.9 Å². The van der Waals surface area contributed by atoms with Crippen LogP contribution in [0.1, 0.15) is 5.69 Å². The van der Waals surface area contributed by atoms with E-state index in [0.717, 1.165) is 16.3 Å². The van der Waals surface area contributed by atoms with Crippen molar-refractivity contribution in [1.82, 2.24) is 14.8 Å².